The van der Waals surface area contributed by atoms with Gasteiger partial charge in [0.15, 0.2) is 6.10 Å². The zero-order valence-electron chi connectivity index (χ0n) is 57.1. The summed E-state index contributed by atoms with van der Waals surface area (Å²) in [4.78, 5) is 58.4. The van der Waals surface area contributed by atoms with Crippen LogP contribution in [0.25, 0.3) is 0 Å². The Morgan fingerprint density at radius 3 is 0.978 bits per heavy atom. The van der Waals surface area contributed by atoms with Crippen molar-refractivity contribution in [2.45, 2.75) is 257 Å². The number of hydrogen-bond donors (Lipinski definition) is 4. The van der Waals surface area contributed by atoms with Crippen molar-refractivity contribution in [3.8, 4) is 0 Å². The fraction of sp³-hybridized carbons (Fsp3) is 0.613. The van der Waals surface area contributed by atoms with Crippen LogP contribution >= 0.6 is 15.6 Å². The van der Waals surface area contributed by atoms with Gasteiger partial charge >= 0.3 is 33.6 Å². The van der Waals surface area contributed by atoms with Gasteiger partial charge in [-0.25, -0.2) is 9.13 Å². The lowest BCUT2D eigenvalue weighted by Crippen LogP contribution is -2.30. The van der Waals surface area contributed by atoms with Gasteiger partial charge in [0.05, 0.1) is 26.4 Å². The summed E-state index contributed by atoms with van der Waals surface area (Å²) in [7, 11) is -9.82. The molecule has 0 aliphatic heterocycles. The molecule has 0 aliphatic rings. The number of aliphatic hydroxyl groups is 2. The Morgan fingerprint density at radius 2 is 0.591 bits per heavy atom. The van der Waals surface area contributed by atoms with Crippen LogP contribution in [-0.4, -0.2) is 95.9 Å². The number of hydrogen-bond acceptors (Lipinski definition) is 14. The second-order valence-electron chi connectivity index (χ2n) is 22.6. The number of phosphoric acid groups is 2. The molecule has 5 unspecified atom stereocenters. The molecule has 0 aromatic carbocycles. The standard InChI is InChI=1S/C75H122O16P2/c1-4-7-10-13-16-19-22-25-28-30-32-33-34-35-37-39-41-43-46-49-52-55-58-61-73(78)85-64-70(76)65-87-92(81,82)88-66-71(77)67-89-93(83,84)90-69-72(91-75(80)63-60-57-54-51-48-45-40-27-24-21-18-15-12-9-6-3)68-86-74(79)62-59-56-53-50-47-44-42-38-36-31-29-26-23-20-17-14-11-8-5-2/h7-8,10-11,16-17,19-20,25-29,32-33,35-38,40-41,43-44,47,53,56,70-72,76-77H,4-6,9,12-15,18,21-24,30-31,34,39,42,45-46,48-52,54-55,57-69H2,1-3H3,(H,81,82)(H,83,84)/b10-7-,11-8-,19-16-,20-17-,28-25-,29-26-,33-32-,37-35-,38-36-,40-27-,43-41-,47-44-,56-53-. The molecule has 18 heteroatoms. The Bertz CT molecular complexity index is 2320. The van der Waals surface area contributed by atoms with Crippen molar-refractivity contribution in [2.75, 3.05) is 39.6 Å². The fourth-order valence-electron chi connectivity index (χ4n) is 8.47. The third kappa shape index (κ3) is 68.4. The molecule has 0 saturated heterocycles. The van der Waals surface area contributed by atoms with Crippen LogP contribution in [0.5, 0.6) is 0 Å². The van der Waals surface area contributed by atoms with Gasteiger partial charge in [0.25, 0.3) is 0 Å². The highest BCUT2D eigenvalue weighted by Gasteiger charge is 2.29. The van der Waals surface area contributed by atoms with Crippen LogP contribution in [0.4, 0.5) is 0 Å². The fourth-order valence-corrected chi connectivity index (χ4v) is 10.1. The monoisotopic (exact) mass is 1340 g/mol. The molecule has 528 valence electrons. The Morgan fingerprint density at radius 1 is 0.312 bits per heavy atom. The van der Waals surface area contributed by atoms with E-state index in [0.29, 0.717) is 25.7 Å². The van der Waals surface area contributed by atoms with Gasteiger partial charge in [0, 0.05) is 19.3 Å². The smallest absolute Gasteiger partial charge is 0.463 e. The average Bonchev–Trinajstić information content (AvgIpc) is 3.74. The van der Waals surface area contributed by atoms with Gasteiger partial charge in [0.2, 0.25) is 0 Å². The van der Waals surface area contributed by atoms with Crippen LogP contribution in [0, 0.1) is 0 Å². The Hall–Kier alpha value is -4.83. The lowest BCUT2D eigenvalue weighted by Gasteiger charge is -2.21. The van der Waals surface area contributed by atoms with E-state index in [1.165, 1.54) is 38.5 Å². The van der Waals surface area contributed by atoms with Crippen molar-refractivity contribution in [1.82, 2.24) is 0 Å². The van der Waals surface area contributed by atoms with Gasteiger partial charge in [-0.2, -0.15) is 0 Å². The van der Waals surface area contributed by atoms with Crippen molar-refractivity contribution in [3.63, 3.8) is 0 Å². The van der Waals surface area contributed by atoms with E-state index in [4.69, 9.17) is 32.3 Å². The lowest BCUT2D eigenvalue weighted by atomic mass is 10.1. The van der Waals surface area contributed by atoms with Gasteiger partial charge in [-0.1, -0.05) is 243 Å². The predicted molar refractivity (Wildman–Crippen MR) is 380 cm³/mol. The number of unbranched alkanes of at least 4 members (excludes halogenated alkanes) is 15. The van der Waals surface area contributed by atoms with Crippen LogP contribution < -0.4 is 0 Å². The van der Waals surface area contributed by atoms with E-state index in [1.807, 2.05) is 18.2 Å². The molecule has 0 rings (SSSR count). The van der Waals surface area contributed by atoms with Gasteiger partial charge in [-0.15, -0.1) is 0 Å². The Balaban J connectivity index is 4.75. The van der Waals surface area contributed by atoms with Gasteiger partial charge in [0.1, 0.15) is 25.4 Å². The molecule has 0 fully saturated rings. The molecule has 0 aromatic heterocycles. The second-order valence-corrected chi connectivity index (χ2v) is 25.5. The first-order valence-electron chi connectivity index (χ1n) is 34.8. The first-order chi connectivity index (χ1) is 45.2. The number of phosphoric ester groups is 2. The first kappa shape index (κ1) is 88.2. The van der Waals surface area contributed by atoms with Crippen molar-refractivity contribution in [1.29, 1.82) is 0 Å². The van der Waals surface area contributed by atoms with Crippen LogP contribution in [0.2, 0.25) is 0 Å². The van der Waals surface area contributed by atoms with E-state index in [1.54, 1.807) is 0 Å². The third-order valence-corrected chi connectivity index (χ3v) is 15.6. The number of esters is 3. The van der Waals surface area contributed by atoms with Crippen molar-refractivity contribution >= 4 is 33.6 Å². The molecule has 16 nitrogen and oxygen atoms in total. The predicted octanol–water partition coefficient (Wildman–Crippen LogP) is 19.5. The SMILES string of the molecule is CC/C=C\C/C=C\C/C=C\C/C=C\C/C=C\C/C=C\CCCCCCC(=O)OCC(O)COP(=O)(O)OCC(O)COP(=O)(O)OCC(COC(=O)CC/C=C\C/C=C\C/C=C\C/C=C\C/C=C\C/C=C\CC)OC(=O)CCCCCCC/C=C\CCCCCCCC. The van der Waals surface area contributed by atoms with E-state index >= 15 is 0 Å². The maximum absolute atomic E-state index is 12.9. The summed E-state index contributed by atoms with van der Waals surface area (Å²) in [6.45, 7) is 2.28. The van der Waals surface area contributed by atoms with Crippen LogP contribution in [0.3, 0.4) is 0 Å². The highest BCUT2D eigenvalue weighted by molar-refractivity contribution is 7.47. The van der Waals surface area contributed by atoms with E-state index in [9.17, 15) is 43.5 Å². The number of aliphatic hydroxyl groups excluding tert-OH is 2. The molecule has 93 heavy (non-hydrogen) atoms. The average molecular weight is 1340 g/mol. The lowest BCUT2D eigenvalue weighted by molar-refractivity contribution is -0.161. The maximum Gasteiger partial charge on any atom is 0.472 e. The highest BCUT2D eigenvalue weighted by atomic mass is 31.2. The molecule has 0 heterocycles. The summed E-state index contributed by atoms with van der Waals surface area (Å²) < 4.78 is 60.8. The van der Waals surface area contributed by atoms with Crippen molar-refractivity contribution in [2.24, 2.45) is 0 Å². The van der Waals surface area contributed by atoms with Gasteiger partial charge in [-0.05, 0) is 135 Å². The molecule has 0 aliphatic carbocycles. The zero-order valence-corrected chi connectivity index (χ0v) is 58.9. The topological polar surface area (TPSA) is 231 Å². The van der Waals surface area contributed by atoms with E-state index in [2.05, 4.69) is 161 Å². The van der Waals surface area contributed by atoms with Crippen molar-refractivity contribution < 1.29 is 75.8 Å². The highest BCUT2D eigenvalue weighted by Crippen LogP contribution is 2.45. The number of carbonyl (C=O) groups excluding carboxylic acids is 3. The number of rotatable bonds is 64. The number of allylic oxidation sites excluding steroid dienone is 26. The largest absolute Gasteiger partial charge is 0.472 e. The molecule has 0 radical (unpaired) electrons. The summed E-state index contributed by atoms with van der Waals surface area (Å²) in [5.41, 5.74) is 0. The molecular weight excluding hydrogens is 1220 g/mol. The summed E-state index contributed by atoms with van der Waals surface area (Å²) in [5.74, 6) is -1.72. The van der Waals surface area contributed by atoms with Crippen molar-refractivity contribution in [3.05, 3.63) is 158 Å². The van der Waals surface area contributed by atoms with Crippen LogP contribution in [0.15, 0.2) is 158 Å². The zero-order chi connectivity index (χ0) is 68.1. The minimum atomic E-state index is -4.95. The second kappa shape index (κ2) is 67.2. The minimum absolute atomic E-state index is 0.0382. The van der Waals surface area contributed by atoms with E-state index in [0.717, 1.165) is 135 Å². The molecule has 5 atom stereocenters. The van der Waals surface area contributed by atoms with Gasteiger partial charge in [-0.3, -0.25) is 32.5 Å². The Labute approximate surface area is 561 Å². The normalized spacial score (nSPS) is 15.1. The third-order valence-electron chi connectivity index (χ3n) is 13.7. The quantitative estimate of drug-likeness (QED) is 0.0146. The molecule has 0 amide bonds. The number of carbonyl (C=O) groups is 3. The summed E-state index contributed by atoms with van der Waals surface area (Å²) >= 11 is 0. The van der Waals surface area contributed by atoms with Gasteiger partial charge < -0.3 is 34.2 Å². The first-order valence-corrected chi connectivity index (χ1v) is 37.8. The van der Waals surface area contributed by atoms with Crippen LogP contribution in [0.1, 0.15) is 239 Å². The minimum Gasteiger partial charge on any atom is -0.463 e. The number of ether oxygens (including phenoxy) is 3. The molecule has 0 bridgehead atoms. The van der Waals surface area contributed by atoms with E-state index in [-0.39, 0.29) is 19.3 Å². The van der Waals surface area contributed by atoms with Crippen LogP contribution in [-0.2, 0) is 55.8 Å². The molecule has 0 aromatic rings. The van der Waals surface area contributed by atoms with E-state index < -0.39 is 91.5 Å². The molecule has 0 spiro atoms. The summed E-state index contributed by atoms with van der Waals surface area (Å²) in [6, 6.07) is 0. The summed E-state index contributed by atoms with van der Waals surface area (Å²) in [6.07, 6.45) is 81.6. The summed E-state index contributed by atoms with van der Waals surface area (Å²) in [5, 5.41) is 20.6. The molecular formula is C75H122O16P2. The Kier molecular flexibility index (Phi) is 63.7. The molecule has 0 saturated carbocycles. The maximum atomic E-state index is 12.9. The molecule has 4 N–H and O–H groups in total.